The largest absolute Gasteiger partial charge is 0.491 e. The van der Waals surface area contributed by atoms with Gasteiger partial charge in [0.15, 0.2) is 5.82 Å². The number of aryl methyl sites for hydroxylation is 3. The van der Waals surface area contributed by atoms with Gasteiger partial charge in [-0.3, -0.25) is 0 Å². The van der Waals surface area contributed by atoms with Gasteiger partial charge in [-0.1, -0.05) is 11.2 Å². The van der Waals surface area contributed by atoms with Crippen LogP contribution in [-0.2, 0) is 4.74 Å². The highest BCUT2D eigenvalue weighted by atomic mass is 16.5. The fraction of sp³-hybridized carbons (Fsp3) is 0.519. The highest BCUT2D eigenvalue weighted by molar-refractivity contribution is 5.75. The standard InChI is InChI=1S/C27H37N5O4/c1-15-7-8-22(35-14-21(33)13-28-6)12-23(15)27-30-25(24-18(4)32-36-19(24)5)17(3)26(31-27)29-20-9-10-34-16(2)11-20/h7-8,12,16,20-21,28,33H,9-11,13-14H2,1-6H3,(H,29,30,31). The molecule has 3 unspecified atom stereocenters. The molecule has 0 aliphatic carbocycles. The van der Waals surface area contributed by atoms with Gasteiger partial charge in [-0.2, -0.15) is 0 Å². The molecule has 3 aromatic rings. The summed E-state index contributed by atoms with van der Waals surface area (Å²) in [4.78, 5) is 10.0. The van der Waals surface area contributed by atoms with Gasteiger partial charge in [-0.25, -0.2) is 9.97 Å². The third-order valence-electron chi connectivity index (χ3n) is 6.57. The maximum absolute atomic E-state index is 10.0. The van der Waals surface area contributed by atoms with Crippen LogP contribution in [0.2, 0.25) is 0 Å². The van der Waals surface area contributed by atoms with E-state index in [1.54, 1.807) is 7.05 Å². The molecular weight excluding hydrogens is 458 g/mol. The molecule has 0 saturated carbocycles. The number of nitrogens with zero attached hydrogens (tertiary/aromatic N) is 3. The van der Waals surface area contributed by atoms with E-state index in [0.29, 0.717) is 18.1 Å². The SMILES string of the molecule is CNCC(O)COc1ccc(C)c(-c2nc(NC3CCOC(C)C3)c(C)c(-c3c(C)noc3C)n2)c1. The second kappa shape index (κ2) is 11.4. The Hall–Kier alpha value is -3.01. The van der Waals surface area contributed by atoms with E-state index in [1.807, 2.05) is 45.9 Å². The Morgan fingerprint density at radius 2 is 2.00 bits per heavy atom. The lowest BCUT2D eigenvalue weighted by molar-refractivity contribution is 0.0231. The Balaban J connectivity index is 1.76. The van der Waals surface area contributed by atoms with Crippen molar-refractivity contribution >= 4 is 5.82 Å². The second-order valence-corrected chi connectivity index (χ2v) is 9.61. The second-order valence-electron chi connectivity index (χ2n) is 9.61. The summed E-state index contributed by atoms with van der Waals surface area (Å²) in [5, 5.41) is 20.8. The van der Waals surface area contributed by atoms with Crippen LogP contribution in [0, 0.1) is 27.7 Å². The topological polar surface area (TPSA) is 115 Å². The molecule has 0 radical (unpaired) electrons. The number of aromatic nitrogens is 3. The summed E-state index contributed by atoms with van der Waals surface area (Å²) in [6.07, 6.45) is 1.44. The summed E-state index contributed by atoms with van der Waals surface area (Å²) in [5.41, 5.74) is 5.32. The van der Waals surface area contributed by atoms with Crippen molar-refractivity contribution in [2.75, 3.05) is 32.1 Å². The van der Waals surface area contributed by atoms with Crippen LogP contribution in [0.25, 0.3) is 22.6 Å². The zero-order valence-corrected chi connectivity index (χ0v) is 22.0. The molecule has 0 bridgehead atoms. The molecule has 36 heavy (non-hydrogen) atoms. The number of ether oxygens (including phenoxy) is 2. The molecule has 1 fully saturated rings. The number of benzene rings is 1. The molecule has 3 heterocycles. The highest BCUT2D eigenvalue weighted by Gasteiger charge is 2.24. The van der Waals surface area contributed by atoms with Crippen LogP contribution in [0.15, 0.2) is 22.7 Å². The van der Waals surface area contributed by atoms with Gasteiger partial charge < -0.3 is 29.7 Å². The lowest BCUT2D eigenvalue weighted by atomic mass is 10.0. The molecule has 1 aliphatic rings. The van der Waals surface area contributed by atoms with E-state index in [9.17, 15) is 5.11 Å². The Labute approximate surface area is 212 Å². The van der Waals surface area contributed by atoms with Crippen LogP contribution in [0.4, 0.5) is 5.82 Å². The van der Waals surface area contributed by atoms with Gasteiger partial charge in [-0.05, 0) is 72.2 Å². The third-order valence-corrected chi connectivity index (χ3v) is 6.57. The summed E-state index contributed by atoms with van der Waals surface area (Å²) in [6, 6.07) is 6.08. The number of aliphatic hydroxyl groups is 1. The normalized spacial score (nSPS) is 18.8. The lowest BCUT2D eigenvalue weighted by Crippen LogP contribution is -2.33. The van der Waals surface area contributed by atoms with Crippen molar-refractivity contribution in [3.8, 4) is 28.4 Å². The number of rotatable bonds is 9. The van der Waals surface area contributed by atoms with E-state index in [4.69, 9.17) is 24.0 Å². The molecule has 194 valence electrons. The van der Waals surface area contributed by atoms with Crippen LogP contribution in [0.3, 0.4) is 0 Å². The molecule has 1 saturated heterocycles. The average molecular weight is 496 g/mol. The molecule has 3 N–H and O–H groups in total. The van der Waals surface area contributed by atoms with Gasteiger partial charge in [0.05, 0.1) is 23.1 Å². The Morgan fingerprint density at radius 3 is 2.69 bits per heavy atom. The van der Waals surface area contributed by atoms with Crippen LogP contribution in [-0.4, -0.2) is 65.3 Å². The van der Waals surface area contributed by atoms with Crippen LogP contribution < -0.4 is 15.4 Å². The van der Waals surface area contributed by atoms with E-state index in [2.05, 4.69) is 22.7 Å². The van der Waals surface area contributed by atoms with Gasteiger partial charge in [-0.15, -0.1) is 0 Å². The fourth-order valence-corrected chi connectivity index (χ4v) is 4.58. The van der Waals surface area contributed by atoms with Crippen LogP contribution in [0.1, 0.15) is 42.3 Å². The van der Waals surface area contributed by atoms with Crippen molar-refractivity contribution in [3.63, 3.8) is 0 Å². The Bertz CT molecular complexity index is 1180. The first kappa shape index (κ1) is 26.1. The quantitative estimate of drug-likeness (QED) is 0.406. The molecule has 9 heteroatoms. The Morgan fingerprint density at radius 1 is 1.19 bits per heavy atom. The number of hydrogen-bond acceptors (Lipinski definition) is 9. The fourth-order valence-electron chi connectivity index (χ4n) is 4.58. The lowest BCUT2D eigenvalue weighted by Gasteiger charge is -2.29. The zero-order valence-electron chi connectivity index (χ0n) is 22.0. The van der Waals surface area contributed by atoms with Crippen molar-refractivity contribution in [3.05, 3.63) is 40.8 Å². The third kappa shape index (κ3) is 5.86. The molecule has 9 nitrogen and oxygen atoms in total. The van der Waals surface area contributed by atoms with Crippen molar-refractivity contribution in [1.29, 1.82) is 0 Å². The van der Waals surface area contributed by atoms with Gasteiger partial charge in [0.25, 0.3) is 0 Å². The summed E-state index contributed by atoms with van der Waals surface area (Å²) >= 11 is 0. The van der Waals surface area contributed by atoms with E-state index in [1.165, 1.54) is 0 Å². The predicted octanol–water partition coefficient (Wildman–Crippen LogP) is 3.97. The van der Waals surface area contributed by atoms with Crippen LogP contribution >= 0.6 is 0 Å². The van der Waals surface area contributed by atoms with Crippen LogP contribution in [0.5, 0.6) is 5.75 Å². The minimum Gasteiger partial charge on any atom is -0.491 e. The smallest absolute Gasteiger partial charge is 0.162 e. The monoisotopic (exact) mass is 495 g/mol. The number of nitrogens with one attached hydrogen (secondary N) is 2. The zero-order chi connectivity index (χ0) is 25.8. The van der Waals surface area contributed by atoms with E-state index >= 15 is 0 Å². The molecular formula is C27H37N5O4. The number of hydrogen-bond donors (Lipinski definition) is 3. The Kier molecular flexibility index (Phi) is 8.23. The first-order valence-electron chi connectivity index (χ1n) is 12.5. The summed E-state index contributed by atoms with van der Waals surface area (Å²) in [7, 11) is 1.80. The molecule has 2 aromatic heterocycles. The molecule has 4 rings (SSSR count). The van der Waals surface area contributed by atoms with Crippen molar-refractivity contribution < 1.29 is 19.1 Å². The molecule has 1 aromatic carbocycles. The summed E-state index contributed by atoms with van der Waals surface area (Å²) < 4.78 is 17.1. The maximum atomic E-state index is 10.0. The summed E-state index contributed by atoms with van der Waals surface area (Å²) in [6.45, 7) is 11.4. The van der Waals surface area contributed by atoms with Gasteiger partial charge in [0.2, 0.25) is 0 Å². The molecule has 0 spiro atoms. The number of anilines is 1. The highest BCUT2D eigenvalue weighted by Crippen LogP contribution is 2.35. The number of likely N-dealkylation sites (N-methyl/N-ethyl adjacent to an activating group) is 1. The number of aliphatic hydroxyl groups excluding tert-OH is 1. The predicted molar refractivity (Wildman–Crippen MR) is 139 cm³/mol. The molecule has 0 amide bonds. The van der Waals surface area contributed by atoms with Crippen molar-refractivity contribution in [2.45, 2.75) is 65.7 Å². The van der Waals surface area contributed by atoms with E-state index in [-0.39, 0.29) is 18.8 Å². The van der Waals surface area contributed by atoms with Crippen molar-refractivity contribution in [1.82, 2.24) is 20.4 Å². The summed E-state index contributed by atoms with van der Waals surface area (Å²) in [5.74, 6) is 2.76. The first-order valence-corrected chi connectivity index (χ1v) is 12.5. The van der Waals surface area contributed by atoms with E-state index in [0.717, 1.165) is 64.7 Å². The van der Waals surface area contributed by atoms with Crippen molar-refractivity contribution in [2.24, 2.45) is 0 Å². The van der Waals surface area contributed by atoms with Gasteiger partial charge in [0, 0.05) is 30.3 Å². The minimum absolute atomic E-state index is 0.192. The average Bonchev–Trinajstić information content (AvgIpc) is 3.18. The molecule has 1 aliphatic heterocycles. The van der Waals surface area contributed by atoms with E-state index < -0.39 is 6.10 Å². The molecule has 3 atom stereocenters. The van der Waals surface area contributed by atoms with Gasteiger partial charge >= 0.3 is 0 Å². The minimum atomic E-state index is -0.598. The maximum Gasteiger partial charge on any atom is 0.162 e. The van der Waals surface area contributed by atoms with Gasteiger partial charge in [0.1, 0.15) is 30.0 Å². The first-order chi connectivity index (χ1) is 17.3.